The van der Waals surface area contributed by atoms with E-state index in [0.29, 0.717) is 36.2 Å². The van der Waals surface area contributed by atoms with Crippen LogP contribution in [0.1, 0.15) is 10.4 Å². The first-order valence-electron chi connectivity index (χ1n) is 9.52. The highest BCUT2D eigenvalue weighted by Gasteiger charge is 2.25. The van der Waals surface area contributed by atoms with Crippen LogP contribution in [-0.4, -0.2) is 49.0 Å². The van der Waals surface area contributed by atoms with E-state index in [9.17, 15) is 13.5 Å². The lowest BCUT2D eigenvalue weighted by Gasteiger charge is -2.26. The minimum Gasteiger partial charge on any atom is -0.508 e. The lowest BCUT2D eigenvalue weighted by Crippen LogP contribution is -2.46. The minimum atomic E-state index is -3.46. The summed E-state index contributed by atoms with van der Waals surface area (Å²) in [7, 11) is -3.46. The SMILES string of the molecule is O=S(=O)(c1ccc(Nc2ncc(C=Cc3cccc(O)c3)s2)cc1)N1CCNCC1. The molecule has 2 aromatic carbocycles. The van der Waals surface area contributed by atoms with E-state index in [1.807, 2.05) is 18.2 Å². The molecule has 156 valence electrons. The molecule has 0 amide bonds. The van der Waals surface area contributed by atoms with Crippen LogP contribution in [0.15, 0.2) is 59.6 Å². The van der Waals surface area contributed by atoms with Gasteiger partial charge in [-0.15, -0.1) is 0 Å². The van der Waals surface area contributed by atoms with Crippen molar-refractivity contribution in [1.82, 2.24) is 14.6 Å². The maximum atomic E-state index is 12.7. The Labute approximate surface area is 179 Å². The Hall–Kier alpha value is -2.72. The topological polar surface area (TPSA) is 94.6 Å². The summed E-state index contributed by atoms with van der Waals surface area (Å²) in [6.07, 6.45) is 5.60. The molecule has 0 saturated carbocycles. The van der Waals surface area contributed by atoms with Crippen LogP contribution in [0.2, 0.25) is 0 Å². The molecule has 1 aliphatic heterocycles. The summed E-state index contributed by atoms with van der Waals surface area (Å²) in [6, 6.07) is 13.8. The Morgan fingerprint density at radius 1 is 1.10 bits per heavy atom. The van der Waals surface area contributed by atoms with E-state index in [2.05, 4.69) is 15.6 Å². The van der Waals surface area contributed by atoms with Gasteiger partial charge in [-0.1, -0.05) is 29.5 Å². The molecule has 0 atom stereocenters. The molecule has 0 unspecified atom stereocenters. The highest BCUT2D eigenvalue weighted by molar-refractivity contribution is 7.89. The van der Waals surface area contributed by atoms with E-state index in [0.717, 1.165) is 16.1 Å². The lowest BCUT2D eigenvalue weighted by molar-refractivity contribution is 0.360. The number of benzene rings is 2. The molecule has 3 aromatic rings. The molecular formula is C21H22N4O3S2. The molecule has 2 heterocycles. The fraction of sp³-hybridized carbons (Fsp3) is 0.190. The summed E-state index contributed by atoms with van der Waals surface area (Å²) in [5.74, 6) is 0.228. The number of nitrogens with zero attached hydrogens (tertiary/aromatic N) is 2. The van der Waals surface area contributed by atoms with E-state index >= 15 is 0 Å². The van der Waals surface area contributed by atoms with Crippen LogP contribution in [-0.2, 0) is 10.0 Å². The zero-order valence-corrected chi connectivity index (χ0v) is 17.8. The third-order valence-electron chi connectivity index (χ3n) is 4.65. The van der Waals surface area contributed by atoms with Crippen LogP contribution in [0.4, 0.5) is 10.8 Å². The number of piperazine rings is 1. The van der Waals surface area contributed by atoms with Gasteiger partial charge >= 0.3 is 0 Å². The smallest absolute Gasteiger partial charge is 0.243 e. The van der Waals surface area contributed by atoms with Gasteiger partial charge in [0, 0.05) is 42.9 Å². The van der Waals surface area contributed by atoms with Crippen LogP contribution in [0, 0.1) is 0 Å². The number of aromatic nitrogens is 1. The maximum Gasteiger partial charge on any atom is 0.243 e. The molecular weight excluding hydrogens is 420 g/mol. The fourth-order valence-electron chi connectivity index (χ4n) is 3.10. The third kappa shape index (κ3) is 4.88. The van der Waals surface area contributed by atoms with Gasteiger partial charge in [-0.3, -0.25) is 0 Å². The van der Waals surface area contributed by atoms with Crippen molar-refractivity contribution in [2.45, 2.75) is 4.90 Å². The molecule has 0 spiro atoms. The van der Waals surface area contributed by atoms with E-state index in [1.54, 1.807) is 48.7 Å². The second-order valence-corrected chi connectivity index (χ2v) is 9.80. The molecule has 3 N–H and O–H groups in total. The number of hydrogen-bond donors (Lipinski definition) is 3. The maximum absolute atomic E-state index is 12.7. The lowest BCUT2D eigenvalue weighted by atomic mass is 10.2. The number of rotatable bonds is 6. The van der Waals surface area contributed by atoms with Crippen LogP contribution in [0.3, 0.4) is 0 Å². The standard InChI is InChI=1S/C21H22N4O3S2/c26-18-3-1-2-16(14-18)4-7-19-15-23-21(29-19)24-17-5-8-20(9-6-17)30(27,28)25-12-10-22-11-13-25/h1-9,14-15,22,26H,10-13H2,(H,23,24). The van der Waals surface area contributed by atoms with Crippen molar-refractivity contribution in [3.05, 3.63) is 65.2 Å². The number of phenolic OH excluding ortho intramolecular Hbond substituents is 1. The highest BCUT2D eigenvalue weighted by Crippen LogP contribution is 2.26. The number of thiazole rings is 1. The first-order valence-corrected chi connectivity index (χ1v) is 11.8. The summed E-state index contributed by atoms with van der Waals surface area (Å²) in [5.41, 5.74) is 1.67. The van der Waals surface area contributed by atoms with Crippen LogP contribution in [0.25, 0.3) is 12.2 Å². The summed E-state index contributed by atoms with van der Waals surface area (Å²) in [5, 5.41) is 16.6. The van der Waals surface area contributed by atoms with Gasteiger partial charge in [0.2, 0.25) is 10.0 Å². The average Bonchev–Trinajstić information content (AvgIpc) is 3.21. The summed E-state index contributed by atoms with van der Waals surface area (Å²) < 4.78 is 26.9. The number of sulfonamides is 1. The summed E-state index contributed by atoms with van der Waals surface area (Å²) in [6.45, 7) is 2.32. The van der Waals surface area contributed by atoms with Gasteiger partial charge in [-0.05, 0) is 48.0 Å². The Morgan fingerprint density at radius 3 is 2.60 bits per heavy atom. The number of nitrogens with one attached hydrogen (secondary N) is 2. The Balaban J connectivity index is 1.41. The molecule has 1 fully saturated rings. The first kappa shape index (κ1) is 20.5. The zero-order chi connectivity index (χ0) is 21.0. The van der Waals surface area contributed by atoms with Crippen molar-refractivity contribution in [2.24, 2.45) is 0 Å². The first-order chi connectivity index (χ1) is 14.5. The number of anilines is 2. The van der Waals surface area contributed by atoms with Gasteiger partial charge in [-0.25, -0.2) is 13.4 Å². The van der Waals surface area contributed by atoms with E-state index < -0.39 is 10.0 Å². The number of aromatic hydroxyl groups is 1. The van der Waals surface area contributed by atoms with Crippen LogP contribution < -0.4 is 10.6 Å². The number of hydrogen-bond acceptors (Lipinski definition) is 7. The zero-order valence-electron chi connectivity index (χ0n) is 16.2. The van der Waals surface area contributed by atoms with E-state index in [-0.39, 0.29) is 5.75 Å². The number of phenols is 1. The van der Waals surface area contributed by atoms with Crippen LogP contribution >= 0.6 is 11.3 Å². The minimum absolute atomic E-state index is 0.228. The molecule has 0 radical (unpaired) electrons. The van der Waals surface area contributed by atoms with Crippen molar-refractivity contribution >= 4 is 44.3 Å². The van der Waals surface area contributed by atoms with Crippen molar-refractivity contribution in [3.63, 3.8) is 0 Å². The second-order valence-electron chi connectivity index (χ2n) is 6.80. The van der Waals surface area contributed by atoms with Gasteiger partial charge in [0.05, 0.1) is 4.90 Å². The largest absolute Gasteiger partial charge is 0.508 e. The normalized spacial score (nSPS) is 15.5. The molecule has 9 heteroatoms. The van der Waals surface area contributed by atoms with Crippen molar-refractivity contribution in [2.75, 3.05) is 31.5 Å². The van der Waals surface area contributed by atoms with Crippen molar-refractivity contribution < 1.29 is 13.5 Å². The molecule has 4 rings (SSSR count). The fourth-order valence-corrected chi connectivity index (χ4v) is 5.28. The molecule has 0 bridgehead atoms. The second kappa shape index (κ2) is 8.97. The molecule has 1 aliphatic rings. The average molecular weight is 443 g/mol. The third-order valence-corrected chi connectivity index (χ3v) is 7.44. The van der Waals surface area contributed by atoms with E-state index in [4.69, 9.17) is 0 Å². The predicted molar refractivity (Wildman–Crippen MR) is 121 cm³/mol. The molecule has 30 heavy (non-hydrogen) atoms. The molecule has 1 saturated heterocycles. The summed E-state index contributed by atoms with van der Waals surface area (Å²) >= 11 is 1.48. The Morgan fingerprint density at radius 2 is 1.87 bits per heavy atom. The highest BCUT2D eigenvalue weighted by atomic mass is 32.2. The quantitative estimate of drug-likeness (QED) is 0.542. The summed E-state index contributed by atoms with van der Waals surface area (Å²) in [4.78, 5) is 5.61. The van der Waals surface area contributed by atoms with E-state index in [1.165, 1.54) is 15.6 Å². The monoisotopic (exact) mass is 442 g/mol. The Bertz CT molecular complexity index is 1140. The predicted octanol–water partition coefficient (Wildman–Crippen LogP) is 3.36. The molecule has 1 aromatic heterocycles. The van der Waals surface area contributed by atoms with Gasteiger partial charge < -0.3 is 15.7 Å². The molecule has 7 nitrogen and oxygen atoms in total. The van der Waals surface area contributed by atoms with Gasteiger partial charge in [0.25, 0.3) is 0 Å². The Kier molecular flexibility index (Phi) is 6.14. The molecule has 0 aliphatic carbocycles. The van der Waals surface area contributed by atoms with Gasteiger partial charge in [0.1, 0.15) is 5.75 Å². The van der Waals surface area contributed by atoms with Crippen molar-refractivity contribution in [1.29, 1.82) is 0 Å². The van der Waals surface area contributed by atoms with Gasteiger partial charge in [-0.2, -0.15) is 4.31 Å². The van der Waals surface area contributed by atoms with Crippen LogP contribution in [0.5, 0.6) is 5.75 Å². The van der Waals surface area contributed by atoms with Gasteiger partial charge in [0.15, 0.2) is 5.13 Å². The van der Waals surface area contributed by atoms with Crippen molar-refractivity contribution in [3.8, 4) is 5.75 Å².